The Hall–Kier alpha value is -3.60. The number of aryl methyl sites for hydroxylation is 2. The van der Waals surface area contributed by atoms with Gasteiger partial charge in [0.15, 0.2) is 0 Å². The van der Waals surface area contributed by atoms with Gasteiger partial charge in [-0.1, -0.05) is 83.9 Å². The van der Waals surface area contributed by atoms with Crippen molar-refractivity contribution < 1.29 is 9.47 Å². The van der Waals surface area contributed by atoms with Crippen molar-refractivity contribution in [3.05, 3.63) is 130 Å². The first-order valence-electron chi connectivity index (χ1n) is 13.5. The molecule has 0 aliphatic carbocycles. The van der Waals surface area contributed by atoms with E-state index in [-0.39, 0.29) is 0 Å². The maximum atomic E-state index is 5.99. The Kier molecular flexibility index (Phi) is 10.4. The number of benzene rings is 4. The van der Waals surface area contributed by atoms with Gasteiger partial charge in [-0.25, -0.2) is 0 Å². The second kappa shape index (κ2) is 14.4. The van der Waals surface area contributed by atoms with Crippen molar-refractivity contribution in [2.24, 2.45) is 5.73 Å². The second-order valence-electron chi connectivity index (χ2n) is 10.0. The predicted octanol–water partition coefficient (Wildman–Crippen LogP) is 7.20. The molecule has 0 fully saturated rings. The maximum absolute atomic E-state index is 5.99. The molecule has 38 heavy (non-hydrogen) atoms. The van der Waals surface area contributed by atoms with E-state index >= 15 is 0 Å². The van der Waals surface area contributed by atoms with E-state index in [4.69, 9.17) is 15.2 Å². The largest absolute Gasteiger partial charge is 0.489 e. The van der Waals surface area contributed by atoms with Crippen LogP contribution in [0.4, 0.5) is 0 Å². The fraction of sp³-hybridized carbons (Fsp3) is 0.294. The third-order valence-electron chi connectivity index (χ3n) is 6.64. The highest BCUT2D eigenvalue weighted by Gasteiger charge is 2.09. The predicted molar refractivity (Wildman–Crippen MR) is 156 cm³/mol. The molecular formula is C34H40N2O2. The van der Waals surface area contributed by atoms with Crippen molar-refractivity contribution >= 4 is 0 Å². The van der Waals surface area contributed by atoms with Crippen molar-refractivity contribution in [2.45, 2.75) is 53.0 Å². The first kappa shape index (κ1) is 27.4. The standard InChI is InChI=1S/C34H40N2O2/c1-27-5-9-31(10-6-27)25-37-33-17-13-29(14-18-33)23-36(22-4-3-21-35)24-30-15-19-34(20-16-30)38-26-32-11-7-28(2)8-12-32/h5-20H,3-4,21-26,35H2,1-2H3. The summed E-state index contributed by atoms with van der Waals surface area (Å²) < 4.78 is 12.0. The molecule has 4 rings (SSSR count). The van der Waals surface area contributed by atoms with E-state index in [1.807, 2.05) is 0 Å². The number of hydrogen-bond acceptors (Lipinski definition) is 4. The van der Waals surface area contributed by atoms with Crippen LogP contribution >= 0.6 is 0 Å². The molecule has 0 atom stereocenters. The smallest absolute Gasteiger partial charge is 0.119 e. The molecule has 198 valence electrons. The van der Waals surface area contributed by atoms with E-state index in [9.17, 15) is 0 Å². The Morgan fingerprint density at radius 3 is 1.32 bits per heavy atom. The number of nitrogens with zero attached hydrogens (tertiary/aromatic N) is 1. The SMILES string of the molecule is Cc1ccc(COc2ccc(CN(CCCCN)Cc3ccc(OCc4ccc(C)cc4)cc3)cc2)cc1. The van der Waals surface area contributed by atoms with Gasteiger partial charge in [0.1, 0.15) is 24.7 Å². The maximum Gasteiger partial charge on any atom is 0.119 e. The van der Waals surface area contributed by atoms with Crippen LogP contribution in [-0.4, -0.2) is 18.0 Å². The molecule has 2 N–H and O–H groups in total. The van der Waals surface area contributed by atoms with Gasteiger partial charge in [0.25, 0.3) is 0 Å². The van der Waals surface area contributed by atoms with Gasteiger partial charge in [0.05, 0.1) is 0 Å². The summed E-state index contributed by atoms with van der Waals surface area (Å²) in [5.41, 5.74) is 13.2. The molecule has 0 amide bonds. The molecule has 0 bridgehead atoms. The number of rotatable bonds is 14. The average molecular weight is 509 g/mol. The lowest BCUT2D eigenvalue weighted by Crippen LogP contribution is -2.24. The minimum atomic E-state index is 0.579. The molecule has 4 nitrogen and oxygen atoms in total. The monoisotopic (exact) mass is 508 g/mol. The number of hydrogen-bond donors (Lipinski definition) is 1. The van der Waals surface area contributed by atoms with E-state index < -0.39 is 0 Å². The zero-order valence-electron chi connectivity index (χ0n) is 22.7. The Morgan fingerprint density at radius 1 is 0.526 bits per heavy atom. The Labute approximate surface area is 228 Å². The van der Waals surface area contributed by atoms with Crippen LogP contribution in [0.3, 0.4) is 0 Å². The summed E-state index contributed by atoms with van der Waals surface area (Å²) in [4.78, 5) is 2.49. The van der Waals surface area contributed by atoms with Gasteiger partial charge in [-0.3, -0.25) is 4.90 Å². The van der Waals surface area contributed by atoms with Gasteiger partial charge < -0.3 is 15.2 Å². The van der Waals surface area contributed by atoms with Crippen LogP contribution in [0.25, 0.3) is 0 Å². The van der Waals surface area contributed by atoms with Gasteiger partial charge in [0.2, 0.25) is 0 Å². The quantitative estimate of drug-likeness (QED) is 0.183. The molecule has 4 aromatic carbocycles. The molecule has 0 radical (unpaired) electrons. The van der Waals surface area contributed by atoms with Crippen LogP contribution in [0.15, 0.2) is 97.1 Å². The summed E-state index contributed by atoms with van der Waals surface area (Å²) >= 11 is 0. The molecule has 0 aliphatic heterocycles. The topological polar surface area (TPSA) is 47.7 Å². The number of unbranched alkanes of at least 4 members (excludes halogenated alkanes) is 1. The summed E-state index contributed by atoms with van der Waals surface area (Å²) in [5.74, 6) is 1.79. The summed E-state index contributed by atoms with van der Waals surface area (Å²) in [5, 5.41) is 0. The van der Waals surface area contributed by atoms with Crippen LogP contribution in [0.1, 0.15) is 46.2 Å². The molecule has 0 saturated heterocycles. The fourth-order valence-electron chi connectivity index (χ4n) is 4.29. The molecular weight excluding hydrogens is 468 g/mol. The lowest BCUT2D eigenvalue weighted by atomic mass is 10.1. The van der Waals surface area contributed by atoms with Crippen LogP contribution in [0.5, 0.6) is 11.5 Å². The Morgan fingerprint density at radius 2 is 0.921 bits per heavy atom. The minimum Gasteiger partial charge on any atom is -0.489 e. The molecule has 0 spiro atoms. The Bertz CT molecular complexity index is 1120. The highest BCUT2D eigenvalue weighted by Crippen LogP contribution is 2.19. The number of nitrogens with two attached hydrogens (primary N) is 1. The second-order valence-corrected chi connectivity index (χ2v) is 10.0. The molecule has 4 aromatic rings. The molecule has 0 aromatic heterocycles. The van der Waals surface area contributed by atoms with Gasteiger partial charge >= 0.3 is 0 Å². The first-order chi connectivity index (χ1) is 18.6. The van der Waals surface area contributed by atoms with Gasteiger partial charge in [-0.2, -0.15) is 0 Å². The van der Waals surface area contributed by atoms with E-state index in [2.05, 4.69) is 116 Å². The van der Waals surface area contributed by atoms with Gasteiger partial charge in [-0.05, 0) is 86.3 Å². The average Bonchev–Trinajstić information content (AvgIpc) is 2.94. The lowest BCUT2D eigenvalue weighted by Gasteiger charge is -2.23. The highest BCUT2D eigenvalue weighted by molar-refractivity contribution is 5.30. The summed E-state index contributed by atoms with van der Waals surface area (Å²) in [6.45, 7) is 8.86. The zero-order chi connectivity index (χ0) is 26.6. The van der Waals surface area contributed by atoms with E-state index in [0.29, 0.717) is 13.2 Å². The Balaban J connectivity index is 1.30. The van der Waals surface area contributed by atoms with Crippen molar-refractivity contribution in [1.82, 2.24) is 4.90 Å². The minimum absolute atomic E-state index is 0.579. The third-order valence-corrected chi connectivity index (χ3v) is 6.64. The van der Waals surface area contributed by atoms with Crippen molar-refractivity contribution in [3.63, 3.8) is 0 Å². The van der Waals surface area contributed by atoms with E-state index in [1.165, 1.54) is 33.4 Å². The number of ether oxygens (including phenoxy) is 2. The molecule has 4 heteroatoms. The normalized spacial score (nSPS) is 11.1. The summed E-state index contributed by atoms with van der Waals surface area (Å²) in [6, 6.07) is 33.9. The first-order valence-corrected chi connectivity index (χ1v) is 13.5. The van der Waals surface area contributed by atoms with Crippen molar-refractivity contribution in [3.8, 4) is 11.5 Å². The van der Waals surface area contributed by atoms with E-state index in [1.54, 1.807) is 0 Å². The lowest BCUT2D eigenvalue weighted by molar-refractivity contribution is 0.251. The summed E-state index contributed by atoms with van der Waals surface area (Å²) in [6.07, 6.45) is 2.13. The fourth-order valence-corrected chi connectivity index (χ4v) is 4.29. The van der Waals surface area contributed by atoms with Crippen LogP contribution in [0.2, 0.25) is 0 Å². The highest BCUT2D eigenvalue weighted by atomic mass is 16.5. The zero-order valence-corrected chi connectivity index (χ0v) is 22.7. The molecule has 0 saturated carbocycles. The summed E-state index contributed by atoms with van der Waals surface area (Å²) in [7, 11) is 0. The van der Waals surface area contributed by atoms with E-state index in [0.717, 1.165) is 50.5 Å². The van der Waals surface area contributed by atoms with Crippen LogP contribution in [0, 0.1) is 13.8 Å². The van der Waals surface area contributed by atoms with Gasteiger partial charge in [-0.15, -0.1) is 0 Å². The van der Waals surface area contributed by atoms with Crippen molar-refractivity contribution in [2.75, 3.05) is 13.1 Å². The molecule has 0 heterocycles. The van der Waals surface area contributed by atoms with Crippen molar-refractivity contribution in [1.29, 1.82) is 0 Å². The van der Waals surface area contributed by atoms with Crippen LogP contribution in [-0.2, 0) is 26.3 Å². The molecule has 0 aliphatic rings. The third kappa shape index (κ3) is 9.05. The molecule has 0 unspecified atom stereocenters. The van der Waals surface area contributed by atoms with Crippen LogP contribution < -0.4 is 15.2 Å². The van der Waals surface area contributed by atoms with Gasteiger partial charge in [0, 0.05) is 13.1 Å².